The molecule has 1 aromatic heterocycles. The maximum atomic E-state index is 13.5. The van der Waals surface area contributed by atoms with Gasteiger partial charge in [-0.2, -0.15) is 31.4 Å². The lowest BCUT2D eigenvalue weighted by atomic mass is 9.73. The fourth-order valence-corrected chi connectivity index (χ4v) is 4.82. The predicted octanol–water partition coefficient (Wildman–Crippen LogP) is 4.59. The van der Waals surface area contributed by atoms with Crippen molar-refractivity contribution in [1.29, 1.82) is 0 Å². The maximum absolute atomic E-state index is 13.5. The van der Waals surface area contributed by atoms with E-state index in [2.05, 4.69) is 20.1 Å². The highest BCUT2D eigenvalue weighted by Gasteiger charge is 2.42. The minimum absolute atomic E-state index is 0.0507. The van der Waals surface area contributed by atoms with Crippen LogP contribution in [0.2, 0.25) is 0 Å². The Hall–Kier alpha value is -3.16. The van der Waals surface area contributed by atoms with Crippen LogP contribution in [0.4, 0.5) is 26.3 Å². The molecule has 0 radical (unpaired) electrons. The SMILES string of the molecule is CC(CO)(OCC1(c2ccccc2)CCN(Cc2n[nH]c(=O)[nH]2)CC1)c1cc(C(F)(F)F)cc(C(F)(F)F)c1. The van der Waals surface area contributed by atoms with E-state index >= 15 is 0 Å². The monoisotopic (exact) mass is 558 g/mol. The van der Waals surface area contributed by atoms with Crippen LogP contribution in [0.3, 0.4) is 0 Å². The second-order valence-corrected chi connectivity index (χ2v) is 10.0. The Morgan fingerprint density at radius 2 is 1.54 bits per heavy atom. The summed E-state index contributed by atoms with van der Waals surface area (Å²) in [5.41, 5.74) is -5.35. The number of hydrogen-bond acceptors (Lipinski definition) is 5. The summed E-state index contributed by atoms with van der Waals surface area (Å²) in [5.74, 6) is 0.473. The summed E-state index contributed by atoms with van der Waals surface area (Å²) in [6.07, 6.45) is -8.96. The Morgan fingerprint density at radius 1 is 0.974 bits per heavy atom. The molecule has 0 aliphatic carbocycles. The van der Waals surface area contributed by atoms with Crippen LogP contribution in [0.5, 0.6) is 0 Å². The molecule has 2 heterocycles. The third-order valence-electron chi connectivity index (χ3n) is 7.29. The molecule has 0 spiro atoms. The molecule has 3 N–H and O–H groups in total. The number of hydrogen-bond donors (Lipinski definition) is 3. The van der Waals surface area contributed by atoms with E-state index in [1.165, 1.54) is 6.92 Å². The second-order valence-electron chi connectivity index (χ2n) is 10.0. The van der Waals surface area contributed by atoms with Crippen LogP contribution in [-0.4, -0.2) is 51.5 Å². The molecule has 4 rings (SSSR count). The molecule has 39 heavy (non-hydrogen) atoms. The van der Waals surface area contributed by atoms with Crippen molar-refractivity contribution >= 4 is 0 Å². The van der Waals surface area contributed by atoms with Crippen LogP contribution in [0.1, 0.15) is 47.8 Å². The first-order valence-electron chi connectivity index (χ1n) is 12.2. The van der Waals surface area contributed by atoms with Crippen LogP contribution in [0.25, 0.3) is 0 Å². The number of likely N-dealkylation sites (tertiary alicyclic amines) is 1. The number of halogens is 6. The Bertz CT molecular complexity index is 1280. The zero-order valence-electron chi connectivity index (χ0n) is 21.0. The molecule has 212 valence electrons. The molecule has 1 aliphatic heterocycles. The smallest absolute Gasteiger partial charge is 0.393 e. The van der Waals surface area contributed by atoms with Gasteiger partial charge in [-0.3, -0.25) is 9.88 Å². The largest absolute Gasteiger partial charge is 0.416 e. The van der Waals surface area contributed by atoms with Crippen molar-refractivity contribution < 1.29 is 36.2 Å². The van der Waals surface area contributed by atoms with Gasteiger partial charge in [0.1, 0.15) is 11.4 Å². The first-order chi connectivity index (χ1) is 18.2. The highest BCUT2D eigenvalue weighted by Crippen LogP contribution is 2.42. The summed E-state index contributed by atoms with van der Waals surface area (Å²) in [6.45, 7) is 1.90. The number of aliphatic hydroxyl groups is 1. The number of ether oxygens (including phenoxy) is 1. The normalized spacial score (nSPS) is 18.2. The number of aliphatic hydroxyl groups excluding tert-OH is 1. The van der Waals surface area contributed by atoms with Gasteiger partial charge in [-0.25, -0.2) is 9.89 Å². The van der Waals surface area contributed by atoms with E-state index in [0.717, 1.165) is 5.56 Å². The maximum Gasteiger partial charge on any atom is 0.416 e. The first kappa shape index (κ1) is 28.8. The number of nitrogens with zero attached hydrogens (tertiary/aromatic N) is 2. The number of alkyl halides is 6. The van der Waals surface area contributed by atoms with Gasteiger partial charge in [0.15, 0.2) is 0 Å². The first-order valence-corrected chi connectivity index (χ1v) is 12.2. The van der Waals surface area contributed by atoms with Crippen molar-refractivity contribution in [2.24, 2.45) is 0 Å². The van der Waals surface area contributed by atoms with E-state index in [1.54, 1.807) is 0 Å². The average molecular weight is 559 g/mol. The molecule has 1 atom stereocenters. The molecule has 1 aliphatic rings. The van der Waals surface area contributed by atoms with Gasteiger partial charge >= 0.3 is 18.0 Å². The van der Waals surface area contributed by atoms with E-state index in [1.807, 2.05) is 30.3 Å². The predicted molar refractivity (Wildman–Crippen MR) is 129 cm³/mol. The number of nitrogens with one attached hydrogen (secondary N) is 2. The van der Waals surface area contributed by atoms with E-state index in [-0.39, 0.29) is 12.7 Å². The van der Waals surface area contributed by atoms with Gasteiger partial charge in [0.05, 0.1) is 30.9 Å². The lowest BCUT2D eigenvalue weighted by Gasteiger charge is -2.44. The summed E-state index contributed by atoms with van der Waals surface area (Å²) < 4.78 is 87.0. The molecule has 0 saturated carbocycles. The summed E-state index contributed by atoms with van der Waals surface area (Å²) in [6, 6.07) is 10.5. The molecule has 1 fully saturated rings. The molecular formula is C26H28F6N4O3. The molecule has 0 bridgehead atoms. The average Bonchev–Trinajstić information content (AvgIpc) is 3.31. The topological polar surface area (TPSA) is 94.2 Å². The number of H-pyrrole nitrogens is 2. The van der Waals surface area contributed by atoms with Gasteiger partial charge < -0.3 is 9.84 Å². The van der Waals surface area contributed by atoms with Gasteiger partial charge in [0.25, 0.3) is 0 Å². The molecule has 1 unspecified atom stereocenters. The van der Waals surface area contributed by atoms with E-state index in [0.29, 0.717) is 50.4 Å². The third-order valence-corrected chi connectivity index (χ3v) is 7.29. The van der Waals surface area contributed by atoms with Gasteiger partial charge in [0, 0.05) is 5.41 Å². The molecule has 1 saturated heterocycles. The molecule has 3 aromatic rings. The Balaban J connectivity index is 1.61. The summed E-state index contributed by atoms with van der Waals surface area (Å²) >= 11 is 0. The minimum atomic E-state index is -5.02. The zero-order chi connectivity index (χ0) is 28.5. The zero-order valence-corrected chi connectivity index (χ0v) is 21.0. The van der Waals surface area contributed by atoms with Crippen LogP contribution in [0.15, 0.2) is 53.3 Å². The van der Waals surface area contributed by atoms with Gasteiger partial charge in [-0.1, -0.05) is 30.3 Å². The van der Waals surface area contributed by atoms with Crippen LogP contribution in [0, 0.1) is 0 Å². The van der Waals surface area contributed by atoms with Crippen LogP contribution < -0.4 is 5.69 Å². The van der Waals surface area contributed by atoms with Crippen molar-refractivity contribution in [2.45, 2.75) is 49.7 Å². The highest BCUT2D eigenvalue weighted by atomic mass is 19.4. The summed E-state index contributed by atoms with van der Waals surface area (Å²) in [4.78, 5) is 16.0. The van der Waals surface area contributed by atoms with Crippen molar-refractivity contribution in [3.05, 3.63) is 87.1 Å². The summed E-state index contributed by atoms with van der Waals surface area (Å²) in [7, 11) is 0. The molecular weight excluding hydrogens is 530 g/mol. The lowest BCUT2D eigenvalue weighted by Crippen LogP contribution is -2.47. The van der Waals surface area contributed by atoms with Crippen molar-refractivity contribution in [2.75, 3.05) is 26.3 Å². The van der Waals surface area contributed by atoms with Crippen LogP contribution >= 0.6 is 0 Å². The fourth-order valence-electron chi connectivity index (χ4n) is 4.82. The number of benzene rings is 2. The van der Waals surface area contributed by atoms with Crippen molar-refractivity contribution in [3.63, 3.8) is 0 Å². The molecule has 7 nitrogen and oxygen atoms in total. The number of aromatic nitrogens is 3. The molecule has 13 heteroatoms. The molecule has 0 amide bonds. The van der Waals surface area contributed by atoms with Gasteiger partial charge in [0.2, 0.25) is 0 Å². The van der Waals surface area contributed by atoms with Gasteiger partial charge in [-0.15, -0.1) is 0 Å². The van der Waals surface area contributed by atoms with Crippen molar-refractivity contribution in [3.8, 4) is 0 Å². The Morgan fingerprint density at radius 3 is 2.03 bits per heavy atom. The quantitative estimate of drug-likeness (QED) is 0.352. The van der Waals surface area contributed by atoms with Gasteiger partial charge in [-0.05, 0) is 62.2 Å². The third kappa shape index (κ3) is 6.53. The standard InChI is InChI=1S/C26H28F6N4O3/c1-23(15-37,18-11-19(25(27,28)29)13-20(12-18)26(30,31)32)39-16-24(17-5-3-2-4-6-17)7-9-36(10-8-24)14-21-33-22(38)35-34-21/h2-6,11-13,37H,7-10,14-16H2,1H3,(H2,33,34,35,38). The van der Waals surface area contributed by atoms with E-state index in [9.17, 15) is 36.2 Å². The Kier molecular flexibility index (Phi) is 7.97. The van der Waals surface area contributed by atoms with Crippen LogP contribution in [-0.2, 0) is 34.7 Å². The van der Waals surface area contributed by atoms with E-state index < -0.39 is 52.4 Å². The Labute approximate surface area is 219 Å². The number of piperidine rings is 1. The summed E-state index contributed by atoms with van der Waals surface area (Å²) in [5, 5.41) is 16.4. The van der Waals surface area contributed by atoms with Crippen molar-refractivity contribution in [1.82, 2.24) is 20.1 Å². The minimum Gasteiger partial charge on any atom is -0.393 e. The number of aromatic amines is 2. The fraction of sp³-hybridized carbons (Fsp3) is 0.462. The second kappa shape index (κ2) is 10.8. The number of rotatable bonds is 8. The highest BCUT2D eigenvalue weighted by molar-refractivity contribution is 5.37. The molecule has 2 aromatic carbocycles. The lowest BCUT2D eigenvalue weighted by molar-refractivity contribution is -0.144. The van der Waals surface area contributed by atoms with E-state index in [4.69, 9.17) is 4.74 Å².